The number of rotatable bonds is 3. The van der Waals surface area contributed by atoms with Gasteiger partial charge in [0.05, 0.1) is 24.5 Å². The normalized spacial score (nSPS) is 18.3. The van der Waals surface area contributed by atoms with Gasteiger partial charge in [-0.2, -0.15) is 0 Å². The fourth-order valence-electron chi connectivity index (χ4n) is 1.86. The van der Waals surface area contributed by atoms with Crippen LogP contribution in [0.3, 0.4) is 0 Å². The Labute approximate surface area is 103 Å². The number of ether oxygens (including phenoxy) is 2. The van der Waals surface area contributed by atoms with Crippen molar-refractivity contribution in [2.75, 3.05) is 37.9 Å². The van der Waals surface area contributed by atoms with Gasteiger partial charge in [-0.05, 0) is 18.2 Å². The summed E-state index contributed by atoms with van der Waals surface area (Å²) in [6.07, 6.45) is 0. The molecule has 1 aliphatic rings. The van der Waals surface area contributed by atoms with Crippen LogP contribution in [0.25, 0.3) is 0 Å². The molecule has 0 radical (unpaired) electrons. The van der Waals surface area contributed by atoms with Gasteiger partial charge < -0.3 is 20.1 Å². The van der Waals surface area contributed by atoms with Crippen LogP contribution in [0.1, 0.15) is 0 Å². The summed E-state index contributed by atoms with van der Waals surface area (Å²) >= 11 is 3.39. The Morgan fingerprint density at radius 3 is 2.44 bits per heavy atom. The number of nitrogen functional groups attached to an aromatic ring is 1. The van der Waals surface area contributed by atoms with Gasteiger partial charge in [0.1, 0.15) is 0 Å². The first-order chi connectivity index (χ1) is 7.60. The highest BCUT2D eigenvalue weighted by molar-refractivity contribution is 9.10. The van der Waals surface area contributed by atoms with E-state index >= 15 is 0 Å². The van der Waals surface area contributed by atoms with Gasteiger partial charge in [0.25, 0.3) is 0 Å². The Morgan fingerprint density at radius 1 is 1.31 bits per heavy atom. The van der Waals surface area contributed by atoms with Crippen LogP contribution in [0, 0.1) is 0 Å². The molecule has 0 saturated carbocycles. The predicted molar refractivity (Wildman–Crippen MR) is 67.5 cm³/mol. The minimum absolute atomic E-state index is 0.473. The summed E-state index contributed by atoms with van der Waals surface area (Å²) in [4.78, 5) is 2.13. The third kappa shape index (κ3) is 1.90. The van der Waals surface area contributed by atoms with Crippen LogP contribution in [0.4, 0.5) is 11.4 Å². The standard InChI is InChI=1S/C11H15BrN2O2/c1-15-11(16-2)6-14(7-11)10-4-3-8(12)5-9(10)13/h3-5H,6-7,13H2,1-2H3. The van der Waals surface area contributed by atoms with E-state index in [-0.39, 0.29) is 0 Å². The van der Waals surface area contributed by atoms with Crippen LogP contribution in [-0.4, -0.2) is 33.1 Å². The summed E-state index contributed by atoms with van der Waals surface area (Å²) in [7, 11) is 3.32. The Bertz CT molecular complexity index is 386. The van der Waals surface area contributed by atoms with Crippen LogP contribution >= 0.6 is 15.9 Å². The van der Waals surface area contributed by atoms with E-state index in [1.807, 2.05) is 18.2 Å². The molecule has 88 valence electrons. The monoisotopic (exact) mass is 286 g/mol. The molecule has 1 heterocycles. The van der Waals surface area contributed by atoms with Crippen LogP contribution in [0.2, 0.25) is 0 Å². The Kier molecular flexibility index (Phi) is 3.10. The molecule has 4 nitrogen and oxygen atoms in total. The summed E-state index contributed by atoms with van der Waals surface area (Å²) in [6.45, 7) is 1.40. The third-order valence-corrected chi connectivity index (χ3v) is 3.43. The van der Waals surface area contributed by atoms with Gasteiger partial charge in [-0.25, -0.2) is 0 Å². The van der Waals surface area contributed by atoms with Gasteiger partial charge in [-0.15, -0.1) is 0 Å². The number of hydrogen-bond donors (Lipinski definition) is 1. The van der Waals surface area contributed by atoms with Gasteiger partial charge in [0.15, 0.2) is 0 Å². The molecule has 0 atom stereocenters. The van der Waals surface area contributed by atoms with Crippen molar-refractivity contribution < 1.29 is 9.47 Å². The topological polar surface area (TPSA) is 47.7 Å². The zero-order valence-corrected chi connectivity index (χ0v) is 11.0. The minimum Gasteiger partial charge on any atom is -0.397 e. The number of methoxy groups -OCH3 is 2. The summed E-state index contributed by atoms with van der Waals surface area (Å²) < 4.78 is 11.6. The van der Waals surface area contributed by atoms with Crippen molar-refractivity contribution in [3.8, 4) is 0 Å². The lowest BCUT2D eigenvalue weighted by molar-refractivity contribution is -0.219. The van der Waals surface area contributed by atoms with Crippen molar-refractivity contribution in [3.63, 3.8) is 0 Å². The molecule has 16 heavy (non-hydrogen) atoms. The lowest BCUT2D eigenvalue weighted by atomic mass is 10.1. The SMILES string of the molecule is COC1(OC)CN(c2ccc(Br)cc2N)C1. The Balaban J connectivity index is 2.12. The van der Waals surface area contributed by atoms with Crippen LogP contribution in [-0.2, 0) is 9.47 Å². The Morgan fingerprint density at radius 2 is 1.94 bits per heavy atom. The number of nitrogens with two attached hydrogens (primary N) is 1. The number of hydrogen-bond acceptors (Lipinski definition) is 4. The molecular formula is C11H15BrN2O2. The summed E-state index contributed by atoms with van der Waals surface area (Å²) in [5.41, 5.74) is 7.73. The molecule has 1 fully saturated rings. The molecule has 0 spiro atoms. The molecule has 5 heteroatoms. The highest BCUT2D eigenvalue weighted by atomic mass is 79.9. The van der Waals surface area contributed by atoms with Gasteiger partial charge in [-0.3, -0.25) is 0 Å². The van der Waals surface area contributed by atoms with Gasteiger partial charge in [0, 0.05) is 18.7 Å². The van der Waals surface area contributed by atoms with Crippen molar-refractivity contribution in [1.29, 1.82) is 0 Å². The second-order valence-electron chi connectivity index (χ2n) is 3.88. The van der Waals surface area contributed by atoms with Gasteiger partial charge in [0.2, 0.25) is 5.79 Å². The van der Waals surface area contributed by atoms with E-state index in [2.05, 4.69) is 20.8 Å². The van der Waals surface area contributed by atoms with Crippen molar-refractivity contribution >= 4 is 27.3 Å². The molecular weight excluding hydrogens is 272 g/mol. The van der Waals surface area contributed by atoms with Crippen molar-refractivity contribution in [2.45, 2.75) is 5.79 Å². The maximum absolute atomic E-state index is 5.95. The second kappa shape index (κ2) is 4.24. The molecule has 1 saturated heterocycles. The molecule has 0 aliphatic carbocycles. The number of benzene rings is 1. The van der Waals surface area contributed by atoms with Crippen LogP contribution in [0.5, 0.6) is 0 Å². The molecule has 1 aliphatic heterocycles. The maximum atomic E-state index is 5.95. The average Bonchev–Trinajstić information content (AvgIpc) is 2.20. The largest absolute Gasteiger partial charge is 0.397 e. The molecule has 2 N–H and O–H groups in total. The highest BCUT2D eigenvalue weighted by Crippen LogP contribution is 2.35. The molecule has 0 bridgehead atoms. The summed E-state index contributed by atoms with van der Waals surface area (Å²) in [5.74, 6) is -0.473. The quantitative estimate of drug-likeness (QED) is 0.680. The van der Waals surface area contributed by atoms with Crippen LogP contribution < -0.4 is 10.6 Å². The first-order valence-corrected chi connectivity index (χ1v) is 5.80. The summed E-state index contributed by atoms with van der Waals surface area (Å²) in [5, 5.41) is 0. The summed E-state index contributed by atoms with van der Waals surface area (Å²) in [6, 6.07) is 5.87. The second-order valence-corrected chi connectivity index (χ2v) is 4.79. The van der Waals surface area contributed by atoms with Gasteiger partial charge in [-0.1, -0.05) is 15.9 Å². The van der Waals surface area contributed by atoms with E-state index in [1.54, 1.807) is 14.2 Å². The molecule has 0 unspecified atom stereocenters. The fraction of sp³-hybridized carbons (Fsp3) is 0.455. The molecule has 2 rings (SSSR count). The van der Waals surface area contributed by atoms with Crippen molar-refractivity contribution in [1.82, 2.24) is 0 Å². The first-order valence-electron chi connectivity index (χ1n) is 5.00. The lowest BCUT2D eigenvalue weighted by Gasteiger charge is -2.49. The highest BCUT2D eigenvalue weighted by Gasteiger charge is 2.44. The minimum atomic E-state index is -0.473. The number of nitrogens with zero attached hydrogens (tertiary/aromatic N) is 1. The maximum Gasteiger partial charge on any atom is 0.203 e. The smallest absolute Gasteiger partial charge is 0.203 e. The molecule has 0 aromatic heterocycles. The van der Waals surface area contributed by atoms with Crippen molar-refractivity contribution in [2.24, 2.45) is 0 Å². The lowest BCUT2D eigenvalue weighted by Crippen LogP contribution is -2.64. The predicted octanol–water partition coefficient (Wildman–Crippen LogP) is 1.84. The third-order valence-electron chi connectivity index (χ3n) is 2.94. The van der Waals surface area contributed by atoms with Crippen molar-refractivity contribution in [3.05, 3.63) is 22.7 Å². The van der Waals surface area contributed by atoms with E-state index in [0.29, 0.717) is 13.1 Å². The molecule has 1 aromatic carbocycles. The number of anilines is 2. The Hall–Kier alpha value is -0.780. The van der Waals surface area contributed by atoms with E-state index < -0.39 is 5.79 Å². The number of halogens is 1. The van der Waals surface area contributed by atoms with E-state index in [1.165, 1.54) is 0 Å². The average molecular weight is 287 g/mol. The van der Waals surface area contributed by atoms with E-state index in [4.69, 9.17) is 15.2 Å². The molecule has 1 aromatic rings. The fourth-order valence-corrected chi connectivity index (χ4v) is 2.24. The molecule has 0 amide bonds. The van der Waals surface area contributed by atoms with Crippen LogP contribution in [0.15, 0.2) is 22.7 Å². The zero-order valence-electron chi connectivity index (χ0n) is 9.37. The first kappa shape index (κ1) is 11.7. The van der Waals surface area contributed by atoms with E-state index in [0.717, 1.165) is 15.8 Å². The van der Waals surface area contributed by atoms with Gasteiger partial charge >= 0.3 is 0 Å². The van der Waals surface area contributed by atoms with E-state index in [9.17, 15) is 0 Å². The zero-order chi connectivity index (χ0) is 11.8.